The SMILES string of the molecule is Cc1ncsc1CN(C)S(=O)(=O)N(C)CCCNC(C)C. The number of aryl methyl sites for hydroxylation is 1. The molecule has 0 fully saturated rings. The molecule has 1 rings (SSSR count). The van der Waals surface area contributed by atoms with Crippen molar-refractivity contribution in [3.05, 3.63) is 16.1 Å². The zero-order valence-corrected chi connectivity index (χ0v) is 15.1. The molecule has 1 N–H and O–H groups in total. The lowest BCUT2D eigenvalue weighted by Crippen LogP contribution is -2.40. The van der Waals surface area contributed by atoms with Gasteiger partial charge in [0.25, 0.3) is 10.2 Å². The molecule has 0 atom stereocenters. The van der Waals surface area contributed by atoms with Crippen LogP contribution in [0.15, 0.2) is 5.51 Å². The van der Waals surface area contributed by atoms with E-state index in [1.165, 1.54) is 19.9 Å². The Labute approximate surface area is 132 Å². The van der Waals surface area contributed by atoms with E-state index in [4.69, 9.17) is 0 Å². The van der Waals surface area contributed by atoms with Gasteiger partial charge >= 0.3 is 0 Å². The van der Waals surface area contributed by atoms with Crippen molar-refractivity contribution in [3.63, 3.8) is 0 Å². The third-order valence-electron chi connectivity index (χ3n) is 3.20. The van der Waals surface area contributed by atoms with Crippen molar-refractivity contribution in [2.75, 3.05) is 27.2 Å². The average molecular weight is 335 g/mol. The highest BCUT2D eigenvalue weighted by Crippen LogP contribution is 2.17. The van der Waals surface area contributed by atoms with E-state index in [1.54, 1.807) is 19.6 Å². The second-order valence-electron chi connectivity index (χ2n) is 5.41. The first-order valence-electron chi connectivity index (χ1n) is 7.05. The normalized spacial score (nSPS) is 12.8. The van der Waals surface area contributed by atoms with E-state index in [-0.39, 0.29) is 0 Å². The quantitative estimate of drug-likeness (QED) is 0.694. The van der Waals surface area contributed by atoms with Crippen molar-refractivity contribution in [2.45, 2.75) is 39.8 Å². The van der Waals surface area contributed by atoms with Crippen molar-refractivity contribution >= 4 is 21.5 Å². The smallest absolute Gasteiger partial charge is 0.281 e. The van der Waals surface area contributed by atoms with Gasteiger partial charge in [-0.25, -0.2) is 4.98 Å². The number of rotatable bonds is 9. The van der Waals surface area contributed by atoms with Gasteiger partial charge in [-0.3, -0.25) is 0 Å². The summed E-state index contributed by atoms with van der Waals surface area (Å²) < 4.78 is 27.6. The number of aromatic nitrogens is 1. The third kappa shape index (κ3) is 5.63. The molecule has 1 aromatic rings. The van der Waals surface area contributed by atoms with Crippen molar-refractivity contribution < 1.29 is 8.42 Å². The number of thiazole rings is 1. The summed E-state index contributed by atoms with van der Waals surface area (Å²) in [4.78, 5) is 5.13. The molecule has 0 aromatic carbocycles. The van der Waals surface area contributed by atoms with Crippen LogP contribution in [0, 0.1) is 6.92 Å². The van der Waals surface area contributed by atoms with Crippen LogP contribution in [0.1, 0.15) is 30.8 Å². The molecule has 8 heteroatoms. The van der Waals surface area contributed by atoms with Gasteiger partial charge in [-0.05, 0) is 19.9 Å². The summed E-state index contributed by atoms with van der Waals surface area (Å²) in [5.74, 6) is 0. The minimum Gasteiger partial charge on any atom is -0.314 e. The van der Waals surface area contributed by atoms with Gasteiger partial charge in [-0.15, -0.1) is 11.3 Å². The molecule has 0 saturated carbocycles. The molecule has 0 aliphatic carbocycles. The Morgan fingerprint density at radius 2 is 2.00 bits per heavy atom. The van der Waals surface area contributed by atoms with Crippen LogP contribution in [-0.4, -0.2) is 55.2 Å². The molecule has 0 spiro atoms. The summed E-state index contributed by atoms with van der Waals surface area (Å²) in [5.41, 5.74) is 2.64. The maximum absolute atomic E-state index is 12.4. The van der Waals surface area contributed by atoms with E-state index in [2.05, 4.69) is 24.1 Å². The van der Waals surface area contributed by atoms with Gasteiger partial charge in [0.05, 0.1) is 17.7 Å². The number of nitrogens with zero attached hydrogens (tertiary/aromatic N) is 3. The summed E-state index contributed by atoms with van der Waals surface area (Å²) >= 11 is 1.48. The van der Waals surface area contributed by atoms with Gasteiger partial charge in [0, 0.05) is 31.6 Å². The molecule has 0 aliphatic heterocycles. The highest BCUT2D eigenvalue weighted by molar-refractivity contribution is 7.86. The Balaban J connectivity index is 2.52. The predicted molar refractivity (Wildman–Crippen MR) is 87.6 cm³/mol. The Bertz CT molecular complexity index is 528. The van der Waals surface area contributed by atoms with Gasteiger partial charge in [-0.1, -0.05) is 13.8 Å². The Hall–Kier alpha value is -0.540. The summed E-state index contributed by atoms with van der Waals surface area (Å²) in [7, 11) is -0.181. The monoisotopic (exact) mass is 334 g/mol. The Morgan fingerprint density at radius 3 is 2.52 bits per heavy atom. The molecule has 6 nitrogen and oxygen atoms in total. The van der Waals surface area contributed by atoms with E-state index in [0.29, 0.717) is 19.1 Å². The highest BCUT2D eigenvalue weighted by Gasteiger charge is 2.24. The lowest BCUT2D eigenvalue weighted by molar-refractivity contribution is 0.383. The Morgan fingerprint density at radius 1 is 1.33 bits per heavy atom. The molecule has 21 heavy (non-hydrogen) atoms. The van der Waals surface area contributed by atoms with Crippen LogP contribution in [0.3, 0.4) is 0 Å². The zero-order chi connectivity index (χ0) is 16.0. The van der Waals surface area contributed by atoms with Gasteiger partial charge in [0.2, 0.25) is 0 Å². The van der Waals surface area contributed by atoms with Crippen molar-refractivity contribution in [1.82, 2.24) is 18.9 Å². The van der Waals surface area contributed by atoms with Crippen LogP contribution in [0.25, 0.3) is 0 Å². The second-order valence-corrected chi connectivity index (χ2v) is 8.49. The van der Waals surface area contributed by atoms with E-state index in [0.717, 1.165) is 23.5 Å². The van der Waals surface area contributed by atoms with Crippen LogP contribution in [-0.2, 0) is 16.8 Å². The fourth-order valence-corrected chi connectivity index (χ4v) is 3.85. The third-order valence-corrected chi connectivity index (χ3v) is 6.01. The largest absolute Gasteiger partial charge is 0.314 e. The molecule has 1 heterocycles. The number of hydrogen-bond acceptors (Lipinski definition) is 5. The summed E-state index contributed by atoms with van der Waals surface area (Å²) in [6.45, 7) is 7.74. The topological polar surface area (TPSA) is 65.5 Å². The molecular weight excluding hydrogens is 308 g/mol. The molecule has 122 valence electrons. The van der Waals surface area contributed by atoms with E-state index < -0.39 is 10.2 Å². The average Bonchev–Trinajstić information content (AvgIpc) is 2.79. The summed E-state index contributed by atoms with van der Waals surface area (Å²) in [6.07, 6.45) is 0.793. The first-order chi connectivity index (χ1) is 9.75. The molecule has 0 bridgehead atoms. The molecule has 0 aliphatic rings. The van der Waals surface area contributed by atoms with E-state index >= 15 is 0 Å². The summed E-state index contributed by atoms with van der Waals surface area (Å²) in [6, 6.07) is 0.420. The Kier molecular flexibility index (Phi) is 7.22. The van der Waals surface area contributed by atoms with Crippen LogP contribution in [0.5, 0.6) is 0 Å². The fourth-order valence-electron chi connectivity index (χ4n) is 1.81. The molecule has 0 unspecified atom stereocenters. The molecule has 1 aromatic heterocycles. The maximum atomic E-state index is 12.4. The van der Waals surface area contributed by atoms with Gasteiger partial charge < -0.3 is 5.32 Å². The fraction of sp³-hybridized carbons (Fsp3) is 0.769. The lowest BCUT2D eigenvalue weighted by Gasteiger charge is -2.24. The van der Waals surface area contributed by atoms with Crippen molar-refractivity contribution in [1.29, 1.82) is 0 Å². The first-order valence-corrected chi connectivity index (χ1v) is 9.32. The molecule has 0 radical (unpaired) electrons. The number of nitrogens with one attached hydrogen (secondary N) is 1. The second kappa shape index (κ2) is 8.19. The maximum Gasteiger partial charge on any atom is 0.281 e. The van der Waals surface area contributed by atoms with Crippen LogP contribution in [0.2, 0.25) is 0 Å². The molecule has 0 saturated heterocycles. The van der Waals surface area contributed by atoms with Crippen LogP contribution >= 0.6 is 11.3 Å². The van der Waals surface area contributed by atoms with E-state index in [1.807, 2.05) is 6.92 Å². The standard InChI is InChI=1S/C13H26N4O2S2/c1-11(2)14-7-6-8-16(4)21(18,19)17(5)9-13-12(3)15-10-20-13/h10-11,14H,6-9H2,1-5H3. The predicted octanol–water partition coefficient (Wildman–Crippen LogP) is 1.45. The van der Waals surface area contributed by atoms with Gasteiger partial charge in [0.1, 0.15) is 0 Å². The molecule has 0 amide bonds. The van der Waals surface area contributed by atoms with Crippen LogP contribution < -0.4 is 5.32 Å². The van der Waals surface area contributed by atoms with Gasteiger partial charge in [-0.2, -0.15) is 17.0 Å². The number of hydrogen-bond donors (Lipinski definition) is 1. The minimum absolute atomic E-state index is 0.368. The van der Waals surface area contributed by atoms with Crippen molar-refractivity contribution in [2.24, 2.45) is 0 Å². The molecular formula is C13H26N4O2S2. The zero-order valence-electron chi connectivity index (χ0n) is 13.5. The van der Waals surface area contributed by atoms with Gasteiger partial charge in [0.15, 0.2) is 0 Å². The van der Waals surface area contributed by atoms with Crippen molar-refractivity contribution in [3.8, 4) is 0 Å². The minimum atomic E-state index is -3.41. The lowest BCUT2D eigenvalue weighted by atomic mass is 10.3. The van der Waals surface area contributed by atoms with Crippen LogP contribution in [0.4, 0.5) is 0 Å². The first kappa shape index (κ1) is 18.5. The highest BCUT2D eigenvalue weighted by atomic mass is 32.2. The summed E-state index contributed by atoms with van der Waals surface area (Å²) in [5, 5.41) is 3.28. The van der Waals surface area contributed by atoms with E-state index in [9.17, 15) is 8.42 Å².